The first kappa shape index (κ1) is 21.2. The van der Waals surface area contributed by atoms with Gasteiger partial charge in [-0.3, -0.25) is 9.69 Å². The zero-order valence-electron chi connectivity index (χ0n) is 17.6. The van der Waals surface area contributed by atoms with Crippen LogP contribution in [-0.4, -0.2) is 54.7 Å². The Morgan fingerprint density at radius 1 is 1.28 bits per heavy atom. The average Bonchev–Trinajstić information content (AvgIpc) is 3.37. The molecule has 2 heterocycles. The fourth-order valence-electron chi connectivity index (χ4n) is 3.55. The average molecular weight is 414 g/mol. The highest BCUT2D eigenvalue weighted by Crippen LogP contribution is 2.34. The molecule has 0 saturated carbocycles. The van der Waals surface area contributed by atoms with E-state index in [0.29, 0.717) is 22.2 Å². The molecule has 0 radical (unpaired) electrons. The van der Waals surface area contributed by atoms with E-state index >= 15 is 0 Å². The number of rotatable bonds is 5. The van der Waals surface area contributed by atoms with E-state index in [1.165, 1.54) is 11.3 Å². The summed E-state index contributed by atoms with van der Waals surface area (Å²) >= 11 is 1.30. The predicted octanol–water partition coefficient (Wildman–Crippen LogP) is 3.66. The highest BCUT2D eigenvalue weighted by atomic mass is 32.1. The van der Waals surface area contributed by atoms with Crippen LogP contribution < -0.4 is 14.4 Å². The number of benzene rings is 1. The second-order valence-electron chi connectivity index (χ2n) is 7.99. The molecule has 6 nitrogen and oxygen atoms in total. The van der Waals surface area contributed by atoms with E-state index in [1.54, 1.807) is 25.7 Å². The van der Waals surface area contributed by atoms with Crippen LogP contribution in [0.15, 0.2) is 23.6 Å². The van der Waals surface area contributed by atoms with E-state index in [0.717, 1.165) is 25.2 Å². The van der Waals surface area contributed by atoms with Crippen molar-refractivity contribution in [1.82, 2.24) is 9.88 Å². The Bertz CT molecular complexity index is 904. The third-order valence-corrected chi connectivity index (χ3v) is 5.93. The lowest BCUT2D eigenvalue weighted by atomic mass is 10.1. The lowest BCUT2D eigenvalue weighted by Gasteiger charge is -2.34. The Hall–Kier alpha value is -2.56. The molecule has 1 saturated heterocycles. The molecule has 3 rings (SSSR count). The number of carbonyl (C=O) groups excluding carboxylic acids is 1. The van der Waals surface area contributed by atoms with Crippen molar-refractivity contribution in [2.45, 2.75) is 38.8 Å². The van der Waals surface area contributed by atoms with Crippen molar-refractivity contribution in [3.05, 3.63) is 34.3 Å². The zero-order chi connectivity index (χ0) is 21.2. The number of anilines is 1. The summed E-state index contributed by atoms with van der Waals surface area (Å²) in [5.41, 5.74) is 1.12. The van der Waals surface area contributed by atoms with Crippen LogP contribution in [0.2, 0.25) is 0 Å². The summed E-state index contributed by atoms with van der Waals surface area (Å²) in [5, 5.41) is 2.22. The second kappa shape index (κ2) is 8.44. The fourth-order valence-corrected chi connectivity index (χ4v) is 4.14. The molecule has 1 aliphatic heterocycles. The number of thiazole rings is 1. The lowest BCUT2D eigenvalue weighted by molar-refractivity contribution is 0.0968. The topological polar surface area (TPSA) is 54.9 Å². The van der Waals surface area contributed by atoms with Gasteiger partial charge in [-0.25, -0.2) is 4.98 Å². The standard InChI is InChI=1S/C22H27N3O3S/c1-7-20-23-19(14-29-20)21(26)25(15-8-9-24(13-15)22(2,3)4)16-10-17(27-5)12-18(11-16)28-6/h1,10-12,14-15H,8-9,13H2,2-6H3. The highest BCUT2D eigenvalue weighted by molar-refractivity contribution is 7.10. The maximum atomic E-state index is 13.5. The van der Waals surface area contributed by atoms with Gasteiger partial charge in [0.15, 0.2) is 5.01 Å². The minimum atomic E-state index is -0.168. The van der Waals surface area contributed by atoms with Gasteiger partial charge in [0.05, 0.1) is 25.9 Å². The SMILES string of the molecule is C#Cc1nc(C(=O)N(c2cc(OC)cc(OC)c2)C2CCN(C(C)(C)C)C2)cs1. The number of aromatic nitrogens is 1. The second-order valence-corrected chi connectivity index (χ2v) is 8.85. The van der Waals surface area contributed by atoms with Crippen LogP contribution in [0.25, 0.3) is 0 Å². The van der Waals surface area contributed by atoms with Gasteiger partial charge in [0.2, 0.25) is 0 Å². The molecule has 7 heteroatoms. The molecule has 0 bridgehead atoms. The van der Waals surface area contributed by atoms with Crippen LogP contribution in [0.5, 0.6) is 11.5 Å². The first-order valence-corrected chi connectivity index (χ1v) is 10.4. The van der Waals surface area contributed by atoms with Gasteiger partial charge >= 0.3 is 0 Å². The molecule has 0 spiro atoms. The van der Waals surface area contributed by atoms with Crippen LogP contribution in [0.4, 0.5) is 5.69 Å². The summed E-state index contributed by atoms with van der Waals surface area (Å²) in [6.07, 6.45) is 6.32. The molecule has 1 aromatic heterocycles. The molecular weight excluding hydrogens is 386 g/mol. The quantitative estimate of drug-likeness (QED) is 0.700. The van der Waals surface area contributed by atoms with Gasteiger partial charge in [-0.05, 0) is 33.1 Å². The summed E-state index contributed by atoms with van der Waals surface area (Å²) in [5.74, 6) is 3.59. The van der Waals surface area contributed by atoms with Crippen LogP contribution in [-0.2, 0) is 0 Å². The third kappa shape index (κ3) is 4.55. The van der Waals surface area contributed by atoms with E-state index in [1.807, 2.05) is 17.0 Å². The molecule has 1 atom stereocenters. The van der Waals surface area contributed by atoms with E-state index < -0.39 is 0 Å². The van der Waals surface area contributed by atoms with Gasteiger partial charge in [0, 0.05) is 42.2 Å². The van der Waals surface area contributed by atoms with Gasteiger partial charge in [-0.1, -0.05) is 0 Å². The minimum Gasteiger partial charge on any atom is -0.497 e. The minimum absolute atomic E-state index is 0.00882. The Kier molecular flexibility index (Phi) is 6.15. The first-order chi connectivity index (χ1) is 13.8. The molecule has 1 aromatic carbocycles. The summed E-state index contributed by atoms with van der Waals surface area (Å²) < 4.78 is 10.8. The van der Waals surface area contributed by atoms with Gasteiger partial charge in [0.1, 0.15) is 17.2 Å². The maximum absolute atomic E-state index is 13.5. The fraction of sp³-hybridized carbons (Fsp3) is 0.455. The molecule has 2 aromatic rings. The monoisotopic (exact) mass is 413 g/mol. The summed E-state index contributed by atoms with van der Waals surface area (Å²) in [4.78, 5) is 22.0. The van der Waals surface area contributed by atoms with Crippen LogP contribution in [0, 0.1) is 12.3 Å². The molecular formula is C22H27N3O3S. The van der Waals surface area contributed by atoms with Crippen molar-refractivity contribution in [2.75, 3.05) is 32.2 Å². The molecule has 154 valence electrons. The van der Waals surface area contributed by atoms with Crippen molar-refractivity contribution in [1.29, 1.82) is 0 Å². The zero-order valence-corrected chi connectivity index (χ0v) is 18.4. The molecule has 1 unspecified atom stereocenters. The van der Waals surface area contributed by atoms with E-state index in [9.17, 15) is 4.79 Å². The summed E-state index contributed by atoms with van der Waals surface area (Å²) in [6.45, 7) is 8.27. The number of amides is 1. The van der Waals surface area contributed by atoms with Gasteiger partial charge in [-0.2, -0.15) is 0 Å². The maximum Gasteiger partial charge on any atom is 0.278 e. The van der Waals surface area contributed by atoms with E-state index in [4.69, 9.17) is 15.9 Å². The molecule has 0 N–H and O–H groups in total. The van der Waals surface area contributed by atoms with Gasteiger partial charge < -0.3 is 14.4 Å². The normalized spacial score (nSPS) is 17.0. The van der Waals surface area contributed by atoms with Gasteiger partial charge in [0.25, 0.3) is 5.91 Å². The van der Waals surface area contributed by atoms with Crippen molar-refractivity contribution in [2.24, 2.45) is 0 Å². The Morgan fingerprint density at radius 3 is 2.41 bits per heavy atom. The predicted molar refractivity (Wildman–Crippen MR) is 116 cm³/mol. The lowest BCUT2D eigenvalue weighted by Crippen LogP contribution is -2.45. The van der Waals surface area contributed by atoms with Crippen LogP contribution in [0.1, 0.15) is 42.7 Å². The number of likely N-dealkylation sites (tertiary alicyclic amines) is 1. The number of hydrogen-bond acceptors (Lipinski definition) is 6. The number of terminal acetylenes is 1. The van der Waals surface area contributed by atoms with E-state index in [2.05, 4.69) is 36.6 Å². The summed E-state index contributed by atoms with van der Waals surface area (Å²) in [7, 11) is 3.20. The molecule has 29 heavy (non-hydrogen) atoms. The molecule has 0 aliphatic carbocycles. The number of hydrogen-bond donors (Lipinski definition) is 0. The van der Waals surface area contributed by atoms with Gasteiger partial charge in [-0.15, -0.1) is 17.8 Å². The highest BCUT2D eigenvalue weighted by Gasteiger charge is 2.37. The molecule has 1 amide bonds. The Labute approximate surface area is 176 Å². The third-order valence-electron chi connectivity index (χ3n) is 5.16. The molecule has 1 aliphatic rings. The van der Waals surface area contributed by atoms with Crippen LogP contribution in [0.3, 0.4) is 0 Å². The summed E-state index contributed by atoms with van der Waals surface area (Å²) in [6, 6.07) is 5.51. The smallest absolute Gasteiger partial charge is 0.278 e. The van der Waals surface area contributed by atoms with Crippen molar-refractivity contribution in [3.63, 3.8) is 0 Å². The van der Waals surface area contributed by atoms with E-state index in [-0.39, 0.29) is 17.5 Å². The number of methoxy groups -OCH3 is 2. The Balaban J connectivity index is 2.03. The number of ether oxygens (including phenoxy) is 2. The van der Waals surface area contributed by atoms with Crippen molar-refractivity contribution >= 4 is 22.9 Å². The number of carbonyl (C=O) groups is 1. The Morgan fingerprint density at radius 2 is 1.93 bits per heavy atom. The van der Waals surface area contributed by atoms with Crippen molar-refractivity contribution < 1.29 is 14.3 Å². The largest absolute Gasteiger partial charge is 0.497 e. The van der Waals surface area contributed by atoms with Crippen molar-refractivity contribution in [3.8, 4) is 23.8 Å². The molecule has 1 fully saturated rings. The number of nitrogens with zero attached hydrogens (tertiary/aromatic N) is 3. The first-order valence-electron chi connectivity index (χ1n) is 9.50. The van der Waals surface area contributed by atoms with Crippen LogP contribution >= 0.6 is 11.3 Å².